The van der Waals surface area contributed by atoms with Crippen LogP contribution in [0.2, 0.25) is 0 Å². The molecule has 2 aromatic heterocycles. The molecule has 15 heavy (non-hydrogen) atoms. The molecule has 0 radical (unpaired) electrons. The van der Waals surface area contributed by atoms with Gasteiger partial charge in [-0.15, -0.1) is 0 Å². The van der Waals surface area contributed by atoms with Crippen LogP contribution in [0.3, 0.4) is 0 Å². The summed E-state index contributed by atoms with van der Waals surface area (Å²) < 4.78 is 10.2. The largest absolute Gasteiger partial charge is 0.469 e. The fourth-order valence-electron chi connectivity index (χ4n) is 1.16. The highest BCUT2D eigenvalue weighted by atomic mass is 16.5. The summed E-state index contributed by atoms with van der Waals surface area (Å²) in [5.74, 6) is 1.72. The van der Waals surface area contributed by atoms with Crippen LogP contribution in [0.15, 0.2) is 21.3 Å². The Kier molecular flexibility index (Phi) is 2.12. The van der Waals surface area contributed by atoms with Crippen molar-refractivity contribution < 1.29 is 8.94 Å². The van der Waals surface area contributed by atoms with Gasteiger partial charge in [-0.1, -0.05) is 5.16 Å². The van der Waals surface area contributed by atoms with Crippen molar-refractivity contribution in [2.24, 2.45) is 5.73 Å². The first kappa shape index (κ1) is 9.92. The van der Waals surface area contributed by atoms with Crippen LogP contribution in [0.5, 0.6) is 0 Å². The Hall–Kier alpha value is -1.62. The van der Waals surface area contributed by atoms with Crippen LogP contribution in [-0.4, -0.2) is 10.1 Å². The number of furan rings is 1. The van der Waals surface area contributed by atoms with E-state index in [1.807, 2.05) is 26.8 Å². The Morgan fingerprint density at radius 3 is 2.60 bits per heavy atom. The number of nitrogens with zero attached hydrogens (tertiary/aromatic N) is 2. The van der Waals surface area contributed by atoms with E-state index in [0.717, 1.165) is 11.3 Å². The summed E-state index contributed by atoms with van der Waals surface area (Å²) in [7, 11) is 0. The molecule has 0 unspecified atom stereocenters. The van der Waals surface area contributed by atoms with Gasteiger partial charge in [-0.2, -0.15) is 4.98 Å². The zero-order valence-corrected chi connectivity index (χ0v) is 8.94. The Morgan fingerprint density at radius 2 is 2.13 bits per heavy atom. The van der Waals surface area contributed by atoms with Crippen LogP contribution in [0, 0.1) is 6.92 Å². The lowest BCUT2D eigenvalue weighted by Gasteiger charge is -2.11. The quantitative estimate of drug-likeness (QED) is 0.812. The Bertz CT molecular complexity index is 465. The highest BCUT2D eigenvalue weighted by Gasteiger charge is 2.22. The lowest BCUT2D eigenvalue weighted by molar-refractivity contribution is 0.397. The van der Waals surface area contributed by atoms with Gasteiger partial charge in [0.1, 0.15) is 12.0 Å². The summed E-state index contributed by atoms with van der Waals surface area (Å²) in [5.41, 5.74) is 6.02. The molecule has 0 saturated heterocycles. The van der Waals surface area contributed by atoms with Crippen LogP contribution < -0.4 is 5.73 Å². The van der Waals surface area contributed by atoms with Gasteiger partial charge >= 0.3 is 0 Å². The summed E-state index contributed by atoms with van der Waals surface area (Å²) in [6.07, 6.45) is 1.58. The fourth-order valence-corrected chi connectivity index (χ4v) is 1.16. The van der Waals surface area contributed by atoms with Gasteiger partial charge < -0.3 is 14.7 Å². The molecular weight excluding hydrogens is 194 g/mol. The van der Waals surface area contributed by atoms with Gasteiger partial charge in [0.05, 0.1) is 11.1 Å². The molecule has 0 fully saturated rings. The summed E-state index contributed by atoms with van der Waals surface area (Å²) >= 11 is 0. The monoisotopic (exact) mass is 207 g/mol. The molecule has 5 nitrogen and oxygen atoms in total. The van der Waals surface area contributed by atoms with E-state index in [2.05, 4.69) is 10.1 Å². The zero-order valence-electron chi connectivity index (χ0n) is 8.94. The molecule has 2 heterocycles. The lowest BCUT2D eigenvalue weighted by atomic mass is 10.1. The van der Waals surface area contributed by atoms with E-state index in [-0.39, 0.29) is 0 Å². The fraction of sp³-hybridized carbons (Fsp3) is 0.400. The highest BCUT2D eigenvalue weighted by Crippen LogP contribution is 2.22. The molecule has 0 aliphatic heterocycles. The van der Waals surface area contributed by atoms with Crippen molar-refractivity contribution in [3.05, 3.63) is 23.9 Å². The minimum atomic E-state index is -0.597. The Labute approximate surface area is 87.3 Å². The molecule has 0 aliphatic carbocycles. The van der Waals surface area contributed by atoms with Gasteiger partial charge in [0.2, 0.25) is 0 Å². The van der Waals surface area contributed by atoms with Crippen molar-refractivity contribution in [3.63, 3.8) is 0 Å². The third-order valence-electron chi connectivity index (χ3n) is 1.98. The van der Waals surface area contributed by atoms with Crippen molar-refractivity contribution >= 4 is 0 Å². The average Bonchev–Trinajstić information content (AvgIpc) is 2.69. The van der Waals surface area contributed by atoms with Gasteiger partial charge in [-0.25, -0.2) is 0 Å². The van der Waals surface area contributed by atoms with E-state index in [4.69, 9.17) is 14.7 Å². The molecule has 0 saturated carbocycles. The van der Waals surface area contributed by atoms with Gasteiger partial charge in [-0.05, 0) is 26.8 Å². The first-order chi connectivity index (χ1) is 6.97. The van der Waals surface area contributed by atoms with Crippen LogP contribution in [0.1, 0.15) is 25.4 Å². The molecular formula is C10H13N3O2. The van der Waals surface area contributed by atoms with Gasteiger partial charge in [0.25, 0.3) is 5.89 Å². The lowest BCUT2D eigenvalue weighted by Crippen LogP contribution is -2.30. The second-order valence-corrected chi connectivity index (χ2v) is 4.09. The first-order valence-electron chi connectivity index (χ1n) is 4.65. The first-order valence-corrected chi connectivity index (χ1v) is 4.65. The van der Waals surface area contributed by atoms with Crippen LogP contribution in [-0.2, 0) is 5.54 Å². The second kappa shape index (κ2) is 3.20. The van der Waals surface area contributed by atoms with Gasteiger partial charge in [0, 0.05) is 0 Å². The zero-order chi connectivity index (χ0) is 11.1. The number of aryl methyl sites for hydroxylation is 1. The maximum atomic E-state index is 5.84. The third-order valence-corrected chi connectivity index (χ3v) is 1.98. The summed E-state index contributed by atoms with van der Waals surface area (Å²) in [6.45, 7) is 5.50. The molecule has 5 heteroatoms. The van der Waals surface area contributed by atoms with Crippen molar-refractivity contribution in [1.82, 2.24) is 10.1 Å². The van der Waals surface area contributed by atoms with Crippen molar-refractivity contribution in [3.8, 4) is 11.5 Å². The van der Waals surface area contributed by atoms with Gasteiger partial charge in [0.15, 0.2) is 5.82 Å². The molecule has 0 amide bonds. The Balaban J connectivity index is 2.36. The van der Waals surface area contributed by atoms with Crippen molar-refractivity contribution in [2.45, 2.75) is 26.3 Å². The number of nitrogens with two attached hydrogens (primary N) is 1. The van der Waals surface area contributed by atoms with Crippen LogP contribution in [0.4, 0.5) is 0 Å². The van der Waals surface area contributed by atoms with Gasteiger partial charge in [-0.3, -0.25) is 0 Å². The SMILES string of the molecule is Cc1cc(-c2nc(C(C)(C)N)no2)co1. The van der Waals surface area contributed by atoms with E-state index < -0.39 is 5.54 Å². The van der Waals surface area contributed by atoms with E-state index in [0.29, 0.717) is 11.7 Å². The summed E-state index contributed by atoms with van der Waals surface area (Å²) in [4.78, 5) is 4.20. The minimum absolute atomic E-state index is 0.431. The average molecular weight is 207 g/mol. The molecule has 0 bridgehead atoms. The third kappa shape index (κ3) is 1.92. The molecule has 2 aromatic rings. The summed E-state index contributed by atoms with van der Waals surface area (Å²) in [5, 5.41) is 3.82. The smallest absolute Gasteiger partial charge is 0.261 e. The number of aromatic nitrogens is 2. The van der Waals surface area contributed by atoms with Crippen molar-refractivity contribution in [2.75, 3.05) is 0 Å². The molecule has 0 spiro atoms. The van der Waals surface area contributed by atoms with Crippen LogP contribution in [0.25, 0.3) is 11.5 Å². The molecule has 0 atom stereocenters. The standard InChI is InChI=1S/C10H13N3O2/c1-6-4-7(5-14-6)8-12-9(13-15-8)10(2,3)11/h4-5H,11H2,1-3H3. The van der Waals surface area contributed by atoms with E-state index in [1.54, 1.807) is 6.26 Å². The van der Waals surface area contributed by atoms with E-state index >= 15 is 0 Å². The molecule has 0 aliphatic rings. The van der Waals surface area contributed by atoms with Crippen molar-refractivity contribution in [1.29, 1.82) is 0 Å². The molecule has 2 N–H and O–H groups in total. The van der Waals surface area contributed by atoms with Crippen LogP contribution >= 0.6 is 0 Å². The number of rotatable bonds is 2. The predicted molar refractivity (Wildman–Crippen MR) is 54.0 cm³/mol. The van der Waals surface area contributed by atoms with E-state index in [9.17, 15) is 0 Å². The molecule has 2 rings (SSSR count). The molecule has 0 aromatic carbocycles. The number of hydrogen-bond acceptors (Lipinski definition) is 5. The Morgan fingerprint density at radius 1 is 1.40 bits per heavy atom. The molecule has 80 valence electrons. The number of hydrogen-bond donors (Lipinski definition) is 1. The van der Waals surface area contributed by atoms with E-state index in [1.165, 1.54) is 0 Å². The maximum Gasteiger partial charge on any atom is 0.261 e. The maximum absolute atomic E-state index is 5.84. The normalized spacial score (nSPS) is 12.0. The minimum Gasteiger partial charge on any atom is -0.469 e. The summed E-state index contributed by atoms with van der Waals surface area (Å²) in [6, 6.07) is 1.83. The highest BCUT2D eigenvalue weighted by molar-refractivity contribution is 5.51. The topological polar surface area (TPSA) is 78.1 Å². The predicted octanol–water partition coefficient (Wildman–Crippen LogP) is 1.83. The second-order valence-electron chi connectivity index (χ2n) is 4.09.